The number of amides is 1. The molecule has 2 aromatic carbocycles. The number of thiazole rings is 1. The molecule has 0 aliphatic carbocycles. The van der Waals surface area contributed by atoms with Crippen LogP contribution in [0.1, 0.15) is 29.6 Å². The lowest BCUT2D eigenvalue weighted by Gasteiger charge is -2.25. The van der Waals surface area contributed by atoms with Crippen molar-refractivity contribution in [1.82, 2.24) is 9.29 Å². The molecule has 162 valence electrons. The normalized spacial score (nSPS) is 15.0. The summed E-state index contributed by atoms with van der Waals surface area (Å²) in [4.78, 5) is 17.2. The molecular formula is C21H19Cl2N3O3S2. The number of benzene rings is 2. The van der Waals surface area contributed by atoms with Gasteiger partial charge in [0.1, 0.15) is 0 Å². The summed E-state index contributed by atoms with van der Waals surface area (Å²) in [6, 6.07) is 11.1. The number of anilines is 1. The van der Waals surface area contributed by atoms with E-state index in [2.05, 4.69) is 10.3 Å². The number of carbonyl (C=O) groups is 1. The summed E-state index contributed by atoms with van der Waals surface area (Å²) in [5.41, 5.74) is 1.69. The number of halogens is 2. The SMILES string of the molecule is O=C(Nc1nc(-c2ccc(Cl)cc2Cl)cs1)c1ccc(S(=O)(=O)N2CCCCC2)cc1. The molecule has 1 aromatic heterocycles. The fourth-order valence-corrected chi connectivity index (χ4v) is 6.08. The summed E-state index contributed by atoms with van der Waals surface area (Å²) in [6.45, 7) is 1.07. The number of piperidine rings is 1. The Balaban J connectivity index is 1.46. The van der Waals surface area contributed by atoms with E-state index in [1.54, 1.807) is 23.6 Å². The second kappa shape index (κ2) is 9.26. The molecule has 6 nitrogen and oxygen atoms in total. The number of nitrogens with one attached hydrogen (secondary N) is 1. The molecule has 10 heteroatoms. The highest BCUT2D eigenvalue weighted by Crippen LogP contribution is 2.32. The van der Waals surface area contributed by atoms with E-state index in [4.69, 9.17) is 23.2 Å². The smallest absolute Gasteiger partial charge is 0.257 e. The van der Waals surface area contributed by atoms with Gasteiger partial charge in [0.25, 0.3) is 5.91 Å². The van der Waals surface area contributed by atoms with E-state index in [1.807, 2.05) is 0 Å². The Labute approximate surface area is 194 Å². The quantitative estimate of drug-likeness (QED) is 0.503. The number of nitrogens with zero attached hydrogens (tertiary/aromatic N) is 2. The van der Waals surface area contributed by atoms with Crippen LogP contribution in [0.15, 0.2) is 52.7 Å². The molecule has 0 radical (unpaired) electrons. The van der Waals surface area contributed by atoms with Crippen molar-refractivity contribution in [2.75, 3.05) is 18.4 Å². The van der Waals surface area contributed by atoms with Gasteiger partial charge in [-0.15, -0.1) is 11.3 Å². The van der Waals surface area contributed by atoms with Crippen molar-refractivity contribution in [1.29, 1.82) is 0 Å². The minimum absolute atomic E-state index is 0.194. The molecule has 2 heterocycles. The minimum Gasteiger partial charge on any atom is -0.298 e. The van der Waals surface area contributed by atoms with Gasteiger partial charge in [-0.1, -0.05) is 29.6 Å². The predicted octanol–water partition coefficient (Wildman–Crippen LogP) is 5.54. The van der Waals surface area contributed by atoms with E-state index in [0.717, 1.165) is 24.8 Å². The summed E-state index contributed by atoms with van der Waals surface area (Å²) in [5.74, 6) is -0.370. The summed E-state index contributed by atoms with van der Waals surface area (Å²) >= 11 is 13.4. The van der Waals surface area contributed by atoms with Gasteiger partial charge in [0, 0.05) is 34.6 Å². The zero-order chi connectivity index (χ0) is 22.0. The van der Waals surface area contributed by atoms with Crippen LogP contribution in [0.4, 0.5) is 5.13 Å². The van der Waals surface area contributed by atoms with Crippen LogP contribution in [0.5, 0.6) is 0 Å². The Morgan fingerprint density at radius 3 is 2.42 bits per heavy atom. The van der Waals surface area contributed by atoms with Crippen molar-refractivity contribution >= 4 is 55.6 Å². The van der Waals surface area contributed by atoms with Crippen LogP contribution in [-0.4, -0.2) is 36.7 Å². The van der Waals surface area contributed by atoms with E-state index in [-0.39, 0.29) is 10.8 Å². The highest BCUT2D eigenvalue weighted by atomic mass is 35.5. The number of sulfonamides is 1. The topological polar surface area (TPSA) is 79.4 Å². The lowest BCUT2D eigenvalue weighted by Crippen LogP contribution is -2.35. The van der Waals surface area contributed by atoms with Gasteiger partial charge in [0.05, 0.1) is 15.6 Å². The monoisotopic (exact) mass is 495 g/mol. The highest BCUT2D eigenvalue weighted by molar-refractivity contribution is 7.89. The molecule has 4 rings (SSSR count). The third-order valence-corrected chi connectivity index (χ3v) is 8.22. The molecule has 1 aliphatic heterocycles. The summed E-state index contributed by atoms with van der Waals surface area (Å²) in [6.07, 6.45) is 2.79. The van der Waals surface area contributed by atoms with E-state index < -0.39 is 10.0 Å². The largest absolute Gasteiger partial charge is 0.298 e. The first-order valence-corrected chi connectivity index (χ1v) is 12.7. The van der Waals surface area contributed by atoms with Crippen molar-refractivity contribution in [3.05, 3.63) is 63.5 Å². The van der Waals surface area contributed by atoms with E-state index in [0.29, 0.717) is 39.5 Å². The fourth-order valence-electron chi connectivity index (χ4n) is 3.35. The molecule has 0 atom stereocenters. The van der Waals surface area contributed by atoms with Crippen molar-refractivity contribution in [3.8, 4) is 11.3 Å². The second-order valence-corrected chi connectivity index (χ2v) is 10.7. The van der Waals surface area contributed by atoms with Crippen LogP contribution >= 0.6 is 34.5 Å². The molecule has 1 fully saturated rings. The standard InChI is InChI=1S/C21H19Cl2N3O3S2/c22-15-6-9-17(18(23)12-15)19-13-30-21(24-19)25-20(27)14-4-7-16(8-5-14)31(28,29)26-10-2-1-3-11-26/h4-9,12-13H,1-3,10-11H2,(H,24,25,27). The van der Waals surface area contributed by atoms with Gasteiger partial charge in [-0.25, -0.2) is 13.4 Å². The minimum atomic E-state index is -3.53. The molecular weight excluding hydrogens is 477 g/mol. The van der Waals surface area contributed by atoms with E-state index in [9.17, 15) is 13.2 Å². The Kier molecular flexibility index (Phi) is 6.64. The Hall–Kier alpha value is -1.97. The zero-order valence-electron chi connectivity index (χ0n) is 16.3. The van der Waals surface area contributed by atoms with Crippen molar-refractivity contribution in [3.63, 3.8) is 0 Å². The molecule has 1 saturated heterocycles. The predicted molar refractivity (Wildman–Crippen MR) is 125 cm³/mol. The molecule has 1 N–H and O–H groups in total. The number of rotatable bonds is 5. The average molecular weight is 496 g/mol. The summed E-state index contributed by atoms with van der Waals surface area (Å²) in [5, 5.41) is 5.95. The first-order valence-electron chi connectivity index (χ1n) is 9.67. The van der Waals surface area contributed by atoms with Crippen molar-refractivity contribution < 1.29 is 13.2 Å². The maximum Gasteiger partial charge on any atom is 0.257 e. The fraction of sp³-hybridized carbons (Fsp3) is 0.238. The Bertz CT molecular complexity index is 1200. The molecule has 0 bridgehead atoms. The third-order valence-electron chi connectivity index (χ3n) is 5.00. The van der Waals surface area contributed by atoms with Gasteiger partial charge in [0.15, 0.2) is 5.13 Å². The van der Waals surface area contributed by atoms with Gasteiger partial charge in [-0.2, -0.15) is 4.31 Å². The van der Waals surface area contributed by atoms with Crippen LogP contribution in [0.2, 0.25) is 10.0 Å². The molecule has 1 amide bonds. The first-order chi connectivity index (χ1) is 14.8. The molecule has 31 heavy (non-hydrogen) atoms. The second-order valence-electron chi connectivity index (χ2n) is 7.11. The summed E-state index contributed by atoms with van der Waals surface area (Å²) < 4.78 is 27.0. The number of hydrogen-bond acceptors (Lipinski definition) is 5. The molecule has 1 aliphatic rings. The third kappa shape index (κ3) is 4.94. The average Bonchev–Trinajstić information content (AvgIpc) is 3.22. The van der Waals surface area contributed by atoms with Crippen LogP contribution in [0.3, 0.4) is 0 Å². The Morgan fingerprint density at radius 2 is 1.74 bits per heavy atom. The molecule has 0 spiro atoms. The van der Waals surface area contributed by atoms with Crippen LogP contribution in [-0.2, 0) is 10.0 Å². The highest BCUT2D eigenvalue weighted by Gasteiger charge is 2.26. The van der Waals surface area contributed by atoms with Gasteiger partial charge >= 0.3 is 0 Å². The number of hydrogen-bond donors (Lipinski definition) is 1. The van der Waals surface area contributed by atoms with Gasteiger partial charge in [-0.3, -0.25) is 10.1 Å². The maximum absolute atomic E-state index is 12.7. The van der Waals surface area contributed by atoms with Crippen LogP contribution < -0.4 is 5.32 Å². The first kappa shape index (κ1) is 22.2. The molecule has 0 saturated carbocycles. The van der Waals surface area contributed by atoms with Crippen molar-refractivity contribution in [2.45, 2.75) is 24.2 Å². The van der Waals surface area contributed by atoms with Crippen LogP contribution in [0.25, 0.3) is 11.3 Å². The van der Waals surface area contributed by atoms with Crippen LogP contribution in [0, 0.1) is 0 Å². The van der Waals surface area contributed by atoms with Gasteiger partial charge < -0.3 is 0 Å². The van der Waals surface area contributed by atoms with E-state index in [1.165, 1.54) is 39.9 Å². The maximum atomic E-state index is 12.7. The molecule has 3 aromatic rings. The van der Waals surface area contributed by atoms with Crippen molar-refractivity contribution in [2.24, 2.45) is 0 Å². The lowest BCUT2D eigenvalue weighted by molar-refractivity contribution is 0.102. The zero-order valence-corrected chi connectivity index (χ0v) is 19.5. The summed E-state index contributed by atoms with van der Waals surface area (Å²) in [7, 11) is -3.53. The van der Waals surface area contributed by atoms with Gasteiger partial charge in [-0.05, 0) is 55.3 Å². The van der Waals surface area contributed by atoms with Gasteiger partial charge in [0.2, 0.25) is 10.0 Å². The number of aromatic nitrogens is 1. The number of carbonyl (C=O) groups excluding carboxylic acids is 1. The lowest BCUT2D eigenvalue weighted by atomic mass is 10.2. The van der Waals surface area contributed by atoms with E-state index >= 15 is 0 Å². The molecule has 0 unspecified atom stereocenters. The Morgan fingerprint density at radius 1 is 1.03 bits per heavy atom.